The molecule has 4 aromatic rings. The Kier molecular flexibility index (Phi) is 9.37. The Morgan fingerprint density at radius 2 is 1.64 bits per heavy atom. The van der Waals surface area contributed by atoms with E-state index in [1.165, 1.54) is 6.92 Å². The number of amides is 1. The molecule has 0 radical (unpaired) electrons. The van der Waals surface area contributed by atoms with Gasteiger partial charge in [0, 0.05) is 18.3 Å². The summed E-state index contributed by atoms with van der Waals surface area (Å²) in [6.07, 6.45) is 5.09. The van der Waals surface area contributed by atoms with Crippen molar-refractivity contribution in [2.24, 2.45) is 5.73 Å². The van der Waals surface area contributed by atoms with Crippen molar-refractivity contribution in [1.82, 2.24) is 4.40 Å². The SMILES string of the molecule is CCc1c(C(=O)C(N)=O)c2c(OCC(=O)OC(C)C(=O)OC3(C)CCCC3)cccn2c1Cc1ccccc1-c1ccccc1. The molecule has 0 spiro atoms. The minimum atomic E-state index is -1.11. The lowest BCUT2D eigenvalue weighted by atomic mass is 9.94. The van der Waals surface area contributed by atoms with E-state index in [1.54, 1.807) is 18.3 Å². The van der Waals surface area contributed by atoms with Gasteiger partial charge in [0.15, 0.2) is 12.7 Å². The van der Waals surface area contributed by atoms with Gasteiger partial charge in [0.2, 0.25) is 0 Å². The van der Waals surface area contributed by atoms with Crippen LogP contribution in [0.25, 0.3) is 16.6 Å². The molecule has 2 aromatic heterocycles. The minimum absolute atomic E-state index is 0.142. The van der Waals surface area contributed by atoms with Crippen LogP contribution in [-0.2, 0) is 36.7 Å². The number of carbonyl (C=O) groups is 4. The van der Waals surface area contributed by atoms with Gasteiger partial charge in [-0.3, -0.25) is 9.59 Å². The number of nitrogens with zero attached hydrogens (tertiary/aromatic N) is 1. The zero-order chi connectivity index (χ0) is 32.1. The smallest absolute Gasteiger partial charge is 0.347 e. The number of rotatable bonds is 12. The van der Waals surface area contributed by atoms with Crippen LogP contribution in [0.4, 0.5) is 0 Å². The predicted molar refractivity (Wildman–Crippen MR) is 169 cm³/mol. The van der Waals surface area contributed by atoms with Gasteiger partial charge in [0.05, 0.1) is 11.1 Å². The third-order valence-electron chi connectivity index (χ3n) is 8.39. The molecular weight excluding hydrogens is 572 g/mol. The maximum atomic E-state index is 13.3. The summed E-state index contributed by atoms with van der Waals surface area (Å²) in [5.74, 6) is -3.12. The summed E-state index contributed by atoms with van der Waals surface area (Å²) in [6, 6.07) is 21.4. The van der Waals surface area contributed by atoms with Crippen LogP contribution in [0.1, 0.15) is 73.6 Å². The second-order valence-electron chi connectivity index (χ2n) is 11.6. The first kappa shape index (κ1) is 31.5. The molecule has 1 unspecified atom stereocenters. The fourth-order valence-electron chi connectivity index (χ4n) is 6.17. The number of ketones is 1. The van der Waals surface area contributed by atoms with Gasteiger partial charge < -0.3 is 24.3 Å². The lowest BCUT2D eigenvalue weighted by molar-refractivity contribution is -0.177. The highest BCUT2D eigenvalue weighted by Gasteiger charge is 2.35. The molecule has 5 rings (SSSR count). The van der Waals surface area contributed by atoms with E-state index in [2.05, 4.69) is 0 Å². The monoisotopic (exact) mass is 610 g/mol. The van der Waals surface area contributed by atoms with Crippen LogP contribution in [-0.4, -0.2) is 46.3 Å². The molecule has 9 heteroatoms. The molecule has 9 nitrogen and oxygen atoms in total. The zero-order valence-electron chi connectivity index (χ0n) is 25.8. The van der Waals surface area contributed by atoms with E-state index < -0.39 is 41.9 Å². The van der Waals surface area contributed by atoms with Crippen molar-refractivity contribution in [2.45, 2.75) is 71.0 Å². The molecule has 234 valence electrons. The molecule has 1 atom stereocenters. The van der Waals surface area contributed by atoms with Crippen molar-refractivity contribution in [1.29, 1.82) is 0 Å². The van der Waals surface area contributed by atoms with Crippen molar-refractivity contribution in [3.63, 3.8) is 0 Å². The molecule has 0 saturated heterocycles. The molecule has 1 aliphatic rings. The lowest BCUT2D eigenvalue weighted by Gasteiger charge is -2.25. The van der Waals surface area contributed by atoms with Gasteiger partial charge in [-0.1, -0.05) is 61.5 Å². The largest absolute Gasteiger partial charge is 0.480 e. The first-order valence-corrected chi connectivity index (χ1v) is 15.3. The summed E-state index contributed by atoms with van der Waals surface area (Å²) in [5, 5.41) is 0. The van der Waals surface area contributed by atoms with Gasteiger partial charge in [-0.05, 0) is 80.3 Å². The van der Waals surface area contributed by atoms with Crippen LogP contribution in [0.2, 0.25) is 0 Å². The Labute approximate surface area is 262 Å². The van der Waals surface area contributed by atoms with Crippen molar-refractivity contribution < 1.29 is 33.4 Å². The molecule has 1 amide bonds. The van der Waals surface area contributed by atoms with Crippen LogP contribution in [0.3, 0.4) is 0 Å². The number of nitrogens with two attached hydrogens (primary N) is 1. The number of fused-ring (bicyclic) bond motifs is 1. The van der Waals surface area contributed by atoms with E-state index in [4.69, 9.17) is 19.9 Å². The molecule has 45 heavy (non-hydrogen) atoms. The normalized spacial score (nSPS) is 14.6. The molecule has 0 aliphatic heterocycles. The van der Waals surface area contributed by atoms with E-state index in [9.17, 15) is 19.2 Å². The van der Waals surface area contributed by atoms with Gasteiger partial charge in [0.1, 0.15) is 11.4 Å². The summed E-state index contributed by atoms with van der Waals surface area (Å²) < 4.78 is 18.6. The third kappa shape index (κ3) is 6.77. The van der Waals surface area contributed by atoms with Crippen molar-refractivity contribution in [3.05, 3.63) is 95.3 Å². The first-order valence-electron chi connectivity index (χ1n) is 15.3. The van der Waals surface area contributed by atoms with Gasteiger partial charge in [-0.2, -0.15) is 0 Å². The van der Waals surface area contributed by atoms with E-state index in [1.807, 2.05) is 72.8 Å². The number of pyridine rings is 1. The molecule has 1 fully saturated rings. The maximum Gasteiger partial charge on any atom is 0.347 e. The van der Waals surface area contributed by atoms with Crippen LogP contribution < -0.4 is 10.5 Å². The van der Waals surface area contributed by atoms with Crippen molar-refractivity contribution >= 4 is 29.1 Å². The summed E-state index contributed by atoms with van der Waals surface area (Å²) in [6.45, 7) is 4.72. The second-order valence-corrected chi connectivity index (χ2v) is 11.6. The average Bonchev–Trinajstić information content (AvgIpc) is 3.61. The Bertz CT molecular complexity index is 1740. The summed E-state index contributed by atoms with van der Waals surface area (Å²) in [5.41, 5.74) is 10.0. The Hall–Kier alpha value is -4.92. The predicted octanol–water partition coefficient (Wildman–Crippen LogP) is 5.61. The molecule has 0 bridgehead atoms. The highest BCUT2D eigenvalue weighted by atomic mass is 16.6. The molecule has 1 saturated carbocycles. The van der Waals surface area contributed by atoms with Gasteiger partial charge in [-0.15, -0.1) is 0 Å². The number of ether oxygens (including phenoxy) is 3. The summed E-state index contributed by atoms with van der Waals surface area (Å²) >= 11 is 0. The average molecular weight is 611 g/mol. The van der Waals surface area contributed by atoms with Crippen LogP contribution in [0.15, 0.2) is 72.9 Å². The van der Waals surface area contributed by atoms with E-state index >= 15 is 0 Å². The number of Topliss-reactive ketones (excluding diaryl/α,β-unsaturated/α-hetero) is 1. The number of carbonyl (C=O) groups excluding carboxylic acids is 4. The van der Waals surface area contributed by atoms with E-state index in [0.29, 0.717) is 23.9 Å². The maximum absolute atomic E-state index is 13.3. The molecular formula is C36H38N2O7. The highest BCUT2D eigenvalue weighted by Crippen LogP contribution is 2.35. The Morgan fingerprint density at radius 3 is 2.33 bits per heavy atom. The van der Waals surface area contributed by atoms with Gasteiger partial charge in [0.25, 0.3) is 11.7 Å². The van der Waals surface area contributed by atoms with Crippen LogP contribution in [0.5, 0.6) is 5.75 Å². The Morgan fingerprint density at radius 1 is 0.956 bits per heavy atom. The van der Waals surface area contributed by atoms with E-state index in [-0.39, 0.29) is 11.3 Å². The van der Waals surface area contributed by atoms with Crippen molar-refractivity contribution in [2.75, 3.05) is 6.61 Å². The number of hydrogen-bond acceptors (Lipinski definition) is 7. The third-order valence-corrected chi connectivity index (χ3v) is 8.39. The fraction of sp³-hybridized carbons (Fsp3) is 0.333. The number of primary amides is 1. The standard InChI is InChI=1S/C36H38N2O7/c1-4-26-28(21-25-15-8-9-16-27(25)24-13-6-5-7-14-24)38-20-12-17-29(32(38)31(26)33(40)34(37)41)43-22-30(39)44-23(2)35(42)45-36(3)18-10-11-19-36/h5-9,12-17,20,23H,4,10-11,18-19,21-22H2,1-3H3,(H2,37,41). The second kappa shape index (κ2) is 13.4. The van der Waals surface area contributed by atoms with Gasteiger partial charge >= 0.3 is 11.9 Å². The van der Waals surface area contributed by atoms with Gasteiger partial charge in [-0.25, -0.2) is 9.59 Å². The zero-order valence-corrected chi connectivity index (χ0v) is 25.8. The summed E-state index contributed by atoms with van der Waals surface area (Å²) in [7, 11) is 0. The Balaban J connectivity index is 1.45. The number of esters is 2. The topological polar surface area (TPSA) is 126 Å². The molecule has 2 aromatic carbocycles. The molecule has 2 heterocycles. The number of benzene rings is 2. The molecule has 2 N–H and O–H groups in total. The highest BCUT2D eigenvalue weighted by molar-refractivity contribution is 6.44. The number of hydrogen-bond donors (Lipinski definition) is 1. The minimum Gasteiger partial charge on any atom is -0.480 e. The molecule has 1 aliphatic carbocycles. The quantitative estimate of drug-likeness (QED) is 0.125. The fourth-order valence-corrected chi connectivity index (χ4v) is 6.17. The summed E-state index contributed by atoms with van der Waals surface area (Å²) in [4.78, 5) is 50.9. The first-order chi connectivity index (χ1) is 21.6. The van der Waals surface area contributed by atoms with E-state index in [0.717, 1.165) is 48.1 Å². The number of aromatic nitrogens is 1. The van der Waals surface area contributed by atoms with Crippen molar-refractivity contribution in [3.8, 4) is 16.9 Å². The van der Waals surface area contributed by atoms with Crippen LogP contribution >= 0.6 is 0 Å². The van der Waals surface area contributed by atoms with Crippen LogP contribution in [0, 0.1) is 0 Å². The lowest BCUT2D eigenvalue weighted by Crippen LogP contribution is -2.35.